The summed E-state index contributed by atoms with van der Waals surface area (Å²) in [6.45, 7) is 1.04. The lowest BCUT2D eigenvalue weighted by Crippen LogP contribution is -2.84. The number of carbonyl (C=O) groups excluding carboxylic acids is 1. The molecule has 3 aromatic rings. The fourth-order valence-electron chi connectivity index (χ4n) is 2.56. The number of halogens is 1. The maximum Gasteiger partial charge on any atom is 0.279 e. The molecule has 0 saturated carbocycles. The Kier molecular flexibility index (Phi) is 4.91. The van der Waals surface area contributed by atoms with Gasteiger partial charge in [0.1, 0.15) is 6.54 Å². The van der Waals surface area contributed by atoms with Crippen molar-refractivity contribution < 1.29 is 10.1 Å². The first-order chi connectivity index (χ1) is 11.2. The van der Waals surface area contributed by atoms with E-state index in [9.17, 15) is 4.79 Å². The Hall–Kier alpha value is -2.36. The second kappa shape index (κ2) is 7.27. The average molecular weight is 326 g/mol. The zero-order chi connectivity index (χ0) is 16.1. The summed E-state index contributed by atoms with van der Waals surface area (Å²) in [6.07, 6.45) is 0. The summed E-state index contributed by atoms with van der Waals surface area (Å²) < 4.78 is 0. The molecule has 0 bridgehead atoms. The summed E-state index contributed by atoms with van der Waals surface area (Å²) in [6, 6.07) is 21.6. The number of carbonyl (C=O) groups is 1. The number of amides is 1. The maximum absolute atomic E-state index is 12.2. The van der Waals surface area contributed by atoms with Crippen molar-refractivity contribution in [3.05, 3.63) is 77.3 Å². The van der Waals surface area contributed by atoms with Crippen molar-refractivity contribution >= 4 is 34.0 Å². The molecular formula is C19H18ClN2O+. The predicted molar refractivity (Wildman–Crippen MR) is 94.5 cm³/mol. The van der Waals surface area contributed by atoms with E-state index in [0.717, 1.165) is 27.0 Å². The van der Waals surface area contributed by atoms with Crippen LogP contribution in [0.5, 0.6) is 0 Å². The van der Waals surface area contributed by atoms with E-state index in [4.69, 9.17) is 11.6 Å². The van der Waals surface area contributed by atoms with Crippen LogP contribution in [0.1, 0.15) is 5.56 Å². The first kappa shape index (κ1) is 15.5. The Balaban J connectivity index is 1.60. The topological polar surface area (TPSA) is 45.7 Å². The summed E-state index contributed by atoms with van der Waals surface area (Å²) in [5.41, 5.74) is 1.88. The summed E-state index contributed by atoms with van der Waals surface area (Å²) in [5, 5.41) is 7.83. The van der Waals surface area contributed by atoms with E-state index < -0.39 is 0 Å². The van der Waals surface area contributed by atoms with Crippen LogP contribution in [0.15, 0.2) is 66.7 Å². The maximum atomic E-state index is 12.2. The lowest BCUT2D eigenvalue weighted by Gasteiger charge is -2.08. The van der Waals surface area contributed by atoms with Crippen LogP contribution in [0.2, 0.25) is 5.02 Å². The third kappa shape index (κ3) is 3.89. The summed E-state index contributed by atoms with van der Waals surface area (Å²) in [7, 11) is 0. The third-order valence-electron chi connectivity index (χ3n) is 3.72. The van der Waals surface area contributed by atoms with E-state index >= 15 is 0 Å². The number of rotatable bonds is 5. The first-order valence-corrected chi connectivity index (χ1v) is 7.94. The molecule has 4 heteroatoms. The molecule has 0 spiro atoms. The van der Waals surface area contributed by atoms with Crippen molar-refractivity contribution in [3.8, 4) is 0 Å². The van der Waals surface area contributed by atoms with Crippen molar-refractivity contribution in [3.63, 3.8) is 0 Å². The van der Waals surface area contributed by atoms with Crippen LogP contribution < -0.4 is 10.6 Å². The van der Waals surface area contributed by atoms with Crippen molar-refractivity contribution in [1.29, 1.82) is 0 Å². The lowest BCUT2D eigenvalue weighted by molar-refractivity contribution is -0.659. The van der Waals surface area contributed by atoms with Gasteiger partial charge in [0.15, 0.2) is 6.54 Å². The molecule has 0 fully saturated rings. The van der Waals surface area contributed by atoms with Gasteiger partial charge in [-0.25, -0.2) is 0 Å². The molecule has 0 atom stereocenters. The van der Waals surface area contributed by atoms with E-state index in [1.807, 2.05) is 72.0 Å². The van der Waals surface area contributed by atoms with Crippen LogP contribution in [0, 0.1) is 0 Å². The second-order valence-electron chi connectivity index (χ2n) is 5.36. The molecule has 116 valence electrons. The van der Waals surface area contributed by atoms with Gasteiger partial charge in [-0.05, 0) is 17.5 Å². The molecule has 23 heavy (non-hydrogen) atoms. The van der Waals surface area contributed by atoms with Crippen molar-refractivity contribution in [2.24, 2.45) is 0 Å². The van der Waals surface area contributed by atoms with Gasteiger partial charge in [0, 0.05) is 21.7 Å². The number of nitrogens with two attached hydrogens (primary N) is 1. The van der Waals surface area contributed by atoms with E-state index in [1.54, 1.807) is 0 Å². The molecule has 0 aliphatic carbocycles. The molecule has 0 radical (unpaired) electrons. The van der Waals surface area contributed by atoms with Crippen LogP contribution in [0.3, 0.4) is 0 Å². The van der Waals surface area contributed by atoms with E-state index in [2.05, 4.69) is 5.32 Å². The van der Waals surface area contributed by atoms with E-state index in [1.165, 1.54) is 0 Å². The van der Waals surface area contributed by atoms with Crippen LogP contribution in [0.25, 0.3) is 10.8 Å². The number of nitrogens with one attached hydrogen (secondary N) is 1. The van der Waals surface area contributed by atoms with Gasteiger partial charge in [0.2, 0.25) is 0 Å². The van der Waals surface area contributed by atoms with Gasteiger partial charge in [0.05, 0.1) is 0 Å². The highest BCUT2D eigenvalue weighted by Crippen LogP contribution is 2.22. The van der Waals surface area contributed by atoms with Crippen molar-refractivity contribution in [2.75, 3.05) is 11.9 Å². The molecule has 3 nitrogen and oxygen atoms in total. The SMILES string of the molecule is O=C(C[NH2+]Cc1ccccc1Cl)Nc1cccc2ccccc12. The van der Waals surface area contributed by atoms with Gasteiger partial charge in [-0.15, -0.1) is 0 Å². The van der Waals surface area contributed by atoms with E-state index in [-0.39, 0.29) is 5.91 Å². The van der Waals surface area contributed by atoms with Gasteiger partial charge in [-0.1, -0.05) is 66.2 Å². The van der Waals surface area contributed by atoms with Crippen LogP contribution in [-0.4, -0.2) is 12.5 Å². The molecule has 0 aliphatic heterocycles. The quantitative estimate of drug-likeness (QED) is 0.743. The van der Waals surface area contributed by atoms with Gasteiger partial charge in [-0.2, -0.15) is 0 Å². The number of anilines is 1. The number of benzene rings is 3. The number of fused-ring (bicyclic) bond motifs is 1. The fourth-order valence-corrected chi connectivity index (χ4v) is 2.77. The van der Waals surface area contributed by atoms with Crippen molar-refractivity contribution in [2.45, 2.75) is 6.54 Å². The Morgan fingerprint density at radius 1 is 0.957 bits per heavy atom. The minimum Gasteiger partial charge on any atom is -0.335 e. The first-order valence-electron chi connectivity index (χ1n) is 7.57. The number of hydrogen-bond donors (Lipinski definition) is 2. The molecule has 0 unspecified atom stereocenters. The highest BCUT2D eigenvalue weighted by atomic mass is 35.5. The molecule has 0 saturated heterocycles. The van der Waals surface area contributed by atoms with Gasteiger partial charge in [-0.3, -0.25) is 4.79 Å². The molecule has 1 amide bonds. The Morgan fingerprint density at radius 3 is 2.57 bits per heavy atom. The standard InChI is InChI=1S/C19H17ClN2O/c20-17-10-4-2-7-15(17)12-21-13-19(23)22-18-11-5-8-14-6-1-3-9-16(14)18/h1-11,21H,12-13H2,(H,22,23)/p+1. The van der Waals surface area contributed by atoms with Crippen LogP contribution in [-0.2, 0) is 11.3 Å². The highest BCUT2D eigenvalue weighted by molar-refractivity contribution is 6.31. The fraction of sp³-hybridized carbons (Fsp3) is 0.105. The minimum atomic E-state index is -0.0200. The van der Waals surface area contributed by atoms with Crippen LogP contribution in [0.4, 0.5) is 5.69 Å². The monoisotopic (exact) mass is 325 g/mol. The average Bonchev–Trinajstić information content (AvgIpc) is 2.57. The molecule has 3 rings (SSSR count). The molecule has 0 aromatic heterocycles. The smallest absolute Gasteiger partial charge is 0.279 e. The Morgan fingerprint density at radius 2 is 1.70 bits per heavy atom. The highest BCUT2D eigenvalue weighted by Gasteiger charge is 2.08. The van der Waals surface area contributed by atoms with Gasteiger partial charge in [0.25, 0.3) is 5.91 Å². The second-order valence-corrected chi connectivity index (χ2v) is 5.77. The molecule has 0 heterocycles. The minimum absolute atomic E-state index is 0.0200. The largest absolute Gasteiger partial charge is 0.335 e. The molecule has 3 N–H and O–H groups in total. The summed E-state index contributed by atoms with van der Waals surface area (Å²) in [4.78, 5) is 12.2. The van der Waals surface area contributed by atoms with E-state index in [0.29, 0.717) is 13.1 Å². The Labute approximate surface area is 140 Å². The summed E-state index contributed by atoms with van der Waals surface area (Å²) in [5.74, 6) is -0.0200. The number of hydrogen-bond acceptors (Lipinski definition) is 1. The zero-order valence-corrected chi connectivity index (χ0v) is 13.4. The van der Waals surface area contributed by atoms with Crippen molar-refractivity contribution in [1.82, 2.24) is 0 Å². The number of quaternary nitrogens is 1. The van der Waals surface area contributed by atoms with Crippen LogP contribution >= 0.6 is 11.6 Å². The lowest BCUT2D eigenvalue weighted by atomic mass is 10.1. The third-order valence-corrected chi connectivity index (χ3v) is 4.08. The van der Waals surface area contributed by atoms with Gasteiger partial charge < -0.3 is 10.6 Å². The zero-order valence-electron chi connectivity index (χ0n) is 12.6. The summed E-state index contributed by atoms with van der Waals surface area (Å²) >= 11 is 6.11. The molecule has 3 aromatic carbocycles. The molecular weight excluding hydrogens is 308 g/mol. The molecule has 0 aliphatic rings. The normalized spacial score (nSPS) is 10.7. The predicted octanol–water partition coefficient (Wildman–Crippen LogP) is 3.20. The van der Waals surface area contributed by atoms with Gasteiger partial charge >= 0.3 is 0 Å². The Bertz CT molecular complexity index is 827.